The maximum absolute atomic E-state index is 14.1. The molecule has 0 spiro atoms. The predicted molar refractivity (Wildman–Crippen MR) is 139 cm³/mol. The van der Waals surface area contributed by atoms with Gasteiger partial charge in [0.1, 0.15) is 6.04 Å². The number of rotatable bonds is 9. The summed E-state index contributed by atoms with van der Waals surface area (Å²) < 4.78 is 5.82. The van der Waals surface area contributed by atoms with Crippen molar-refractivity contribution in [3.63, 3.8) is 0 Å². The smallest absolute Gasteiger partial charge is 0.248 e. The molecule has 34 heavy (non-hydrogen) atoms. The molecule has 0 aromatic heterocycles. The minimum absolute atomic E-state index is 0.0690. The van der Waals surface area contributed by atoms with Crippen molar-refractivity contribution < 1.29 is 9.53 Å². The third-order valence-electron chi connectivity index (χ3n) is 6.77. The average Bonchev–Trinajstić information content (AvgIpc) is 3.37. The standard InChI is InChI=1S/C30H36N2O2/c1-22-11-14-25(15-12-22)17-18-32(27-16-13-23(2)24(3)20-27)30(33)29(26-8-5-4-6-9-26)31-21-28-10-7-19-34-28/h4-6,8-9,11-16,20,28-29,31H,7,10,17-19,21H2,1-3H3/t28-,29?/m0/s1. The van der Waals surface area contributed by atoms with Crippen LogP contribution in [0.3, 0.4) is 0 Å². The zero-order chi connectivity index (χ0) is 23.9. The molecular weight excluding hydrogens is 420 g/mol. The van der Waals surface area contributed by atoms with Crippen LogP contribution in [-0.4, -0.2) is 31.7 Å². The van der Waals surface area contributed by atoms with Crippen molar-refractivity contribution in [3.05, 3.63) is 101 Å². The Morgan fingerprint density at radius 2 is 1.76 bits per heavy atom. The SMILES string of the molecule is Cc1ccc(CCN(C(=O)C(NC[C@@H]2CCCO2)c2ccccc2)c2ccc(C)c(C)c2)cc1. The Hall–Kier alpha value is -2.95. The summed E-state index contributed by atoms with van der Waals surface area (Å²) in [5.41, 5.74) is 6.82. The molecule has 0 radical (unpaired) electrons. The number of benzene rings is 3. The van der Waals surface area contributed by atoms with E-state index in [1.807, 2.05) is 35.2 Å². The van der Waals surface area contributed by atoms with Gasteiger partial charge in [0, 0.05) is 25.4 Å². The first-order valence-electron chi connectivity index (χ1n) is 12.4. The lowest BCUT2D eigenvalue weighted by atomic mass is 10.0. The van der Waals surface area contributed by atoms with E-state index in [0.29, 0.717) is 13.1 Å². The summed E-state index contributed by atoms with van der Waals surface area (Å²) in [6.45, 7) is 8.40. The highest BCUT2D eigenvalue weighted by Crippen LogP contribution is 2.25. The van der Waals surface area contributed by atoms with E-state index in [4.69, 9.17) is 4.74 Å². The lowest BCUT2D eigenvalue weighted by molar-refractivity contribution is -0.120. The van der Waals surface area contributed by atoms with E-state index in [9.17, 15) is 4.79 Å². The van der Waals surface area contributed by atoms with E-state index >= 15 is 0 Å². The van der Waals surface area contributed by atoms with Gasteiger partial charge < -0.3 is 9.64 Å². The number of nitrogens with zero attached hydrogens (tertiary/aromatic N) is 1. The van der Waals surface area contributed by atoms with Crippen molar-refractivity contribution in [1.29, 1.82) is 0 Å². The highest BCUT2D eigenvalue weighted by Gasteiger charge is 2.28. The summed E-state index contributed by atoms with van der Waals surface area (Å²) in [5, 5.41) is 3.54. The van der Waals surface area contributed by atoms with Gasteiger partial charge in [-0.25, -0.2) is 0 Å². The monoisotopic (exact) mass is 456 g/mol. The van der Waals surface area contributed by atoms with Crippen LogP contribution in [0.4, 0.5) is 5.69 Å². The molecule has 4 heteroatoms. The summed E-state index contributed by atoms with van der Waals surface area (Å²) in [5.74, 6) is 0.0690. The first-order chi connectivity index (χ1) is 16.5. The molecule has 1 fully saturated rings. The minimum Gasteiger partial charge on any atom is -0.377 e. The molecule has 3 aromatic rings. The van der Waals surface area contributed by atoms with Crippen LogP contribution in [0.5, 0.6) is 0 Å². The van der Waals surface area contributed by atoms with Gasteiger partial charge in [0.2, 0.25) is 5.91 Å². The predicted octanol–water partition coefficient (Wildman–Crippen LogP) is 5.70. The number of hydrogen-bond donors (Lipinski definition) is 1. The molecule has 1 aliphatic rings. The van der Waals surface area contributed by atoms with Gasteiger partial charge in [-0.1, -0.05) is 66.2 Å². The van der Waals surface area contributed by atoms with Crippen LogP contribution in [0.2, 0.25) is 0 Å². The average molecular weight is 457 g/mol. The van der Waals surface area contributed by atoms with E-state index in [2.05, 4.69) is 68.6 Å². The van der Waals surface area contributed by atoms with Crippen molar-refractivity contribution in [2.75, 3.05) is 24.6 Å². The van der Waals surface area contributed by atoms with Crippen LogP contribution < -0.4 is 10.2 Å². The number of anilines is 1. The first-order valence-corrected chi connectivity index (χ1v) is 12.4. The van der Waals surface area contributed by atoms with Crippen molar-refractivity contribution in [2.24, 2.45) is 0 Å². The van der Waals surface area contributed by atoms with E-state index in [0.717, 1.165) is 37.1 Å². The van der Waals surface area contributed by atoms with Crippen LogP contribution in [0.1, 0.15) is 46.7 Å². The maximum Gasteiger partial charge on any atom is 0.248 e. The molecule has 1 N–H and O–H groups in total. The van der Waals surface area contributed by atoms with Crippen LogP contribution in [0, 0.1) is 20.8 Å². The van der Waals surface area contributed by atoms with Gasteiger partial charge in [0.15, 0.2) is 0 Å². The van der Waals surface area contributed by atoms with Gasteiger partial charge in [-0.3, -0.25) is 10.1 Å². The molecule has 1 heterocycles. The number of ether oxygens (including phenoxy) is 1. The largest absolute Gasteiger partial charge is 0.377 e. The molecule has 4 nitrogen and oxygen atoms in total. The van der Waals surface area contributed by atoms with E-state index in [-0.39, 0.29) is 12.0 Å². The lowest BCUT2D eigenvalue weighted by Gasteiger charge is -2.29. The van der Waals surface area contributed by atoms with Crippen molar-refractivity contribution in [2.45, 2.75) is 52.2 Å². The Kier molecular flexibility index (Phi) is 8.15. The second-order valence-corrected chi connectivity index (χ2v) is 9.38. The normalized spacial score (nSPS) is 16.4. The highest BCUT2D eigenvalue weighted by molar-refractivity contribution is 5.98. The third kappa shape index (κ3) is 6.13. The number of carbonyl (C=O) groups is 1. The molecule has 0 aliphatic carbocycles. The van der Waals surface area contributed by atoms with Crippen molar-refractivity contribution in [1.82, 2.24) is 5.32 Å². The van der Waals surface area contributed by atoms with Crippen LogP contribution in [0.15, 0.2) is 72.8 Å². The van der Waals surface area contributed by atoms with Crippen molar-refractivity contribution >= 4 is 11.6 Å². The van der Waals surface area contributed by atoms with E-state index < -0.39 is 6.04 Å². The molecule has 1 saturated heterocycles. The Morgan fingerprint density at radius 3 is 2.44 bits per heavy atom. The molecule has 0 bridgehead atoms. The van der Waals surface area contributed by atoms with Gasteiger partial charge in [-0.2, -0.15) is 0 Å². The second-order valence-electron chi connectivity index (χ2n) is 9.38. The minimum atomic E-state index is -0.426. The summed E-state index contributed by atoms with van der Waals surface area (Å²) in [6.07, 6.45) is 3.09. The zero-order valence-corrected chi connectivity index (χ0v) is 20.6. The number of hydrogen-bond acceptors (Lipinski definition) is 3. The maximum atomic E-state index is 14.1. The number of nitrogens with one attached hydrogen (secondary N) is 1. The van der Waals surface area contributed by atoms with Gasteiger partial charge in [-0.05, 0) is 74.4 Å². The lowest BCUT2D eigenvalue weighted by Crippen LogP contribution is -2.44. The summed E-state index contributed by atoms with van der Waals surface area (Å²) in [6, 6.07) is 24.5. The van der Waals surface area contributed by atoms with Gasteiger partial charge >= 0.3 is 0 Å². The van der Waals surface area contributed by atoms with Gasteiger partial charge in [-0.15, -0.1) is 0 Å². The highest BCUT2D eigenvalue weighted by atomic mass is 16.5. The molecular formula is C30H36N2O2. The molecule has 0 saturated carbocycles. The Labute approximate surface area is 204 Å². The molecule has 1 amide bonds. The molecule has 3 aromatic carbocycles. The van der Waals surface area contributed by atoms with E-state index in [1.165, 1.54) is 22.3 Å². The van der Waals surface area contributed by atoms with E-state index in [1.54, 1.807) is 0 Å². The number of aryl methyl sites for hydroxylation is 3. The molecule has 1 unspecified atom stereocenters. The fraction of sp³-hybridized carbons (Fsp3) is 0.367. The zero-order valence-electron chi connectivity index (χ0n) is 20.6. The Bertz CT molecular complexity index is 1070. The van der Waals surface area contributed by atoms with Crippen molar-refractivity contribution in [3.8, 4) is 0 Å². The summed E-state index contributed by atoms with van der Waals surface area (Å²) in [7, 11) is 0. The number of amides is 1. The topological polar surface area (TPSA) is 41.6 Å². The molecule has 1 aliphatic heterocycles. The van der Waals surface area contributed by atoms with Crippen LogP contribution >= 0.6 is 0 Å². The molecule has 4 rings (SSSR count). The third-order valence-corrected chi connectivity index (χ3v) is 6.77. The molecule has 178 valence electrons. The van der Waals surface area contributed by atoms with Gasteiger partial charge in [0.05, 0.1) is 6.10 Å². The van der Waals surface area contributed by atoms with Crippen LogP contribution in [0.25, 0.3) is 0 Å². The van der Waals surface area contributed by atoms with Gasteiger partial charge in [0.25, 0.3) is 0 Å². The summed E-state index contributed by atoms with van der Waals surface area (Å²) >= 11 is 0. The fourth-order valence-corrected chi connectivity index (χ4v) is 4.46. The second kappa shape index (κ2) is 11.5. The Morgan fingerprint density at radius 1 is 1.00 bits per heavy atom. The summed E-state index contributed by atoms with van der Waals surface area (Å²) in [4.78, 5) is 16.1. The first kappa shape index (κ1) is 24.2. The molecule has 2 atom stereocenters. The quantitative estimate of drug-likeness (QED) is 0.449. The van der Waals surface area contributed by atoms with Crippen LogP contribution in [-0.2, 0) is 16.0 Å². The fourth-order valence-electron chi connectivity index (χ4n) is 4.46. The Balaban J connectivity index is 1.62. The number of carbonyl (C=O) groups excluding carboxylic acids is 1.